The van der Waals surface area contributed by atoms with Gasteiger partial charge >= 0.3 is 0 Å². The highest BCUT2D eigenvalue weighted by molar-refractivity contribution is 5.83. The lowest BCUT2D eigenvalue weighted by Gasteiger charge is -2.27. The van der Waals surface area contributed by atoms with Gasteiger partial charge in [0.2, 0.25) is 5.91 Å². The molecule has 1 fully saturated rings. The van der Waals surface area contributed by atoms with Crippen LogP contribution in [0.1, 0.15) is 25.6 Å². The van der Waals surface area contributed by atoms with Gasteiger partial charge in [-0.15, -0.1) is 0 Å². The Labute approximate surface area is 100 Å². The van der Waals surface area contributed by atoms with E-state index in [0.29, 0.717) is 13.2 Å². The van der Waals surface area contributed by atoms with Gasteiger partial charge in [0.05, 0.1) is 30.9 Å². The highest BCUT2D eigenvalue weighted by atomic mass is 16.5. The van der Waals surface area contributed by atoms with Crippen LogP contribution in [0.2, 0.25) is 0 Å². The molecule has 2 heterocycles. The van der Waals surface area contributed by atoms with Gasteiger partial charge in [-0.1, -0.05) is 0 Å². The predicted octanol–water partition coefficient (Wildman–Crippen LogP) is 0.821. The molecule has 1 aromatic heterocycles. The number of ether oxygens (including phenoxy) is 1. The summed E-state index contributed by atoms with van der Waals surface area (Å²) in [6, 6.07) is 3.20. The van der Waals surface area contributed by atoms with E-state index in [1.165, 1.54) is 0 Å². The predicted molar refractivity (Wildman–Crippen MR) is 62.2 cm³/mol. The van der Waals surface area contributed by atoms with Crippen LogP contribution in [0.15, 0.2) is 22.8 Å². The molecule has 0 radical (unpaired) electrons. The lowest BCUT2D eigenvalue weighted by atomic mass is 9.84. The molecule has 94 valence electrons. The quantitative estimate of drug-likeness (QED) is 0.817. The minimum Gasteiger partial charge on any atom is -0.467 e. The van der Waals surface area contributed by atoms with Crippen LogP contribution < -0.4 is 11.1 Å². The number of nitrogens with one attached hydrogen (secondary N) is 1. The molecular formula is C12H18N2O3. The van der Waals surface area contributed by atoms with Crippen LogP contribution in [-0.2, 0) is 9.53 Å². The van der Waals surface area contributed by atoms with Gasteiger partial charge in [0.25, 0.3) is 0 Å². The second-order valence-corrected chi connectivity index (χ2v) is 4.75. The number of nitrogens with two attached hydrogens (primary N) is 1. The van der Waals surface area contributed by atoms with Crippen LogP contribution in [0.4, 0.5) is 0 Å². The minimum absolute atomic E-state index is 0.0913. The summed E-state index contributed by atoms with van der Waals surface area (Å²) in [6.07, 6.45) is 1.59. The summed E-state index contributed by atoms with van der Waals surface area (Å²) in [5.41, 5.74) is 5.25. The van der Waals surface area contributed by atoms with E-state index in [1.54, 1.807) is 12.3 Å². The number of furan rings is 1. The Kier molecular flexibility index (Phi) is 3.22. The summed E-state index contributed by atoms with van der Waals surface area (Å²) in [5, 5.41) is 2.90. The van der Waals surface area contributed by atoms with Gasteiger partial charge in [0.15, 0.2) is 0 Å². The number of carbonyl (C=O) groups is 1. The fourth-order valence-corrected chi connectivity index (χ4v) is 1.89. The summed E-state index contributed by atoms with van der Waals surface area (Å²) in [6.45, 7) is 4.50. The third kappa shape index (κ3) is 2.21. The van der Waals surface area contributed by atoms with Crippen molar-refractivity contribution in [2.24, 2.45) is 11.1 Å². The lowest BCUT2D eigenvalue weighted by Crippen LogP contribution is -2.50. The Hall–Kier alpha value is -1.33. The Morgan fingerprint density at radius 2 is 2.47 bits per heavy atom. The summed E-state index contributed by atoms with van der Waals surface area (Å²) in [4.78, 5) is 12.2. The molecule has 5 nitrogen and oxygen atoms in total. The van der Waals surface area contributed by atoms with Crippen molar-refractivity contribution in [2.45, 2.75) is 25.9 Å². The van der Waals surface area contributed by atoms with Crippen LogP contribution in [0, 0.1) is 5.41 Å². The van der Waals surface area contributed by atoms with Crippen molar-refractivity contribution in [3.8, 4) is 0 Å². The molecule has 2 rings (SSSR count). The van der Waals surface area contributed by atoms with Gasteiger partial charge in [0, 0.05) is 6.04 Å². The largest absolute Gasteiger partial charge is 0.467 e. The number of hydrogen-bond acceptors (Lipinski definition) is 4. The number of carbonyl (C=O) groups excluding carboxylic acids is 1. The van der Waals surface area contributed by atoms with Crippen molar-refractivity contribution in [3.05, 3.63) is 24.2 Å². The van der Waals surface area contributed by atoms with E-state index in [1.807, 2.05) is 19.9 Å². The Morgan fingerprint density at radius 1 is 1.71 bits per heavy atom. The molecule has 1 aromatic rings. The fourth-order valence-electron chi connectivity index (χ4n) is 1.89. The van der Waals surface area contributed by atoms with Crippen LogP contribution in [-0.4, -0.2) is 25.2 Å². The molecule has 0 spiro atoms. The third-order valence-electron chi connectivity index (χ3n) is 3.35. The van der Waals surface area contributed by atoms with Crippen LogP contribution in [0.3, 0.4) is 0 Å². The molecule has 17 heavy (non-hydrogen) atoms. The van der Waals surface area contributed by atoms with Crippen molar-refractivity contribution in [1.29, 1.82) is 0 Å². The topological polar surface area (TPSA) is 77.5 Å². The SMILES string of the molecule is C[C@@H](NC(=O)C1(C)COCC1N)c1ccco1. The first-order valence-corrected chi connectivity index (χ1v) is 5.72. The van der Waals surface area contributed by atoms with Gasteiger partial charge in [-0.2, -0.15) is 0 Å². The van der Waals surface area contributed by atoms with Crippen molar-refractivity contribution in [1.82, 2.24) is 5.32 Å². The van der Waals surface area contributed by atoms with E-state index < -0.39 is 5.41 Å². The fraction of sp³-hybridized carbons (Fsp3) is 0.583. The summed E-state index contributed by atoms with van der Waals surface area (Å²) < 4.78 is 10.5. The molecule has 0 aromatic carbocycles. The summed E-state index contributed by atoms with van der Waals surface area (Å²) >= 11 is 0. The Bertz CT molecular complexity index is 390. The smallest absolute Gasteiger partial charge is 0.230 e. The Balaban J connectivity index is 2.02. The summed E-state index contributed by atoms with van der Waals surface area (Å²) in [7, 11) is 0. The molecule has 3 N–H and O–H groups in total. The zero-order valence-electron chi connectivity index (χ0n) is 10.1. The van der Waals surface area contributed by atoms with Crippen LogP contribution in [0.5, 0.6) is 0 Å². The summed E-state index contributed by atoms with van der Waals surface area (Å²) in [5.74, 6) is 0.640. The van der Waals surface area contributed by atoms with Crippen molar-refractivity contribution >= 4 is 5.91 Å². The van der Waals surface area contributed by atoms with Gasteiger partial charge in [-0.25, -0.2) is 0 Å². The number of hydrogen-bond donors (Lipinski definition) is 2. The van der Waals surface area contributed by atoms with E-state index in [4.69, 9.17) is 14.9 Å². The molecule has 1 aliphatic rings. The van der Waals surface area contributed by atoms with E-state index in [-0.39, 0.29) is 18.0 Å². The van der Waals surface area contributed by atoms with E-state index >= 15 is 0 Å². The second kappa shape index (κ2) is 4.50. The maximum absolute atomic E-state index is 12.2. The number of amides is 1. The van der Waals surface area contributed by atoms with E-state index in [9.17, 15) is 4.79 Å². The molecule has 1 amide bonds. The molecule has 5 heteroatoms. The normalized spacial score (nSPS) is 30.2. The standard InChI is InChI=1S/C12H18N2O3/c1-8(9-4-3-5-17-9)14-11(15)12(2)7-16-6-10(12)13/h3-5,8,10H,6-7,13H2,1-2H3,(H,14,15)/t8-,10?,12?/m1/s1. The van der Waals surface area contributed by atoms with E-state index in [2.05, 4.69) is 5.32 Å². The van der Waals surface area contributed by atoms with Crippen molar-refractivity contribution < 1.29 is 13.9 Å². The average Bonchev–Trinajstić information content (AvgIpc) is 2.90. The monoisotopic (exact) mass is 238 g/mol. The van der Waals surface area contributed by atoms with Crippen LogP contribution in [0.25, 0.3) is 0 Å². The van der Waals surface area contributed by atoms with E-state index in [0.717, 1.165) is 5.76 Å². The third-order valence-corrected chi connectivity index (χ3v) is 3.35. The highest BCUT2D eigenvalue weighted by Crippen LogP contribution is 2.28. The van der Waals surface area contributed by atoms with Gasteiger partial charge in [-0.05, 0) is 26.0 Å². The second-order valence-electron chi connectivity index (χ2n) is 4.75. The first-order chi connectivity index (χ1) is 8.04. The average molecular weight is 238 g/mol. The van der Waals surface area contributed by atoms with Gasteiger partial charge < -0.3 is 20.2 Å². The molecule has 0 saturated carbocycles. The first-order valence-electron chi connectivity index (χ1n) is 5.72. The molecule has 3 atom stereocenters. The Morgan fingerprint density at radius 3 is 3.00 bits per heavy atom. The van der Waals surface area contributed by atoms with Gasteiger partial charge in [0.1, 0.15) is 5.76 Å². The van der Waals surface area contributed by atoms with Crippen molar-refractivity contribution in [3.63, 3.8) is 0 Å². The van der Waals surface area contributed by atoms with Gasteiger partial charge in [-0.3, -0.25) is 4.79 Å². The molecular weight excluding hydrogens is 220 g/mol. The van der Waals surface area contributed by atoms with Crippen LogP contribution >= 0.6 is 0 Å². The highest BCUT2D eigenvalue weighted by Gasteiger charge is 2.44. The zero-order chi connectivity index (χ0) is 12.5. The van der Waals surface area contributed by atoms with Crippen molar-refractivity contribution in [2.75, 3.05) is 13.2 Å². The zero-order valence-corrected chi connectivity index (χ0v) is 10.1. The number of rotatable bonds is 3. The molecule has 2 unspecified atom stereocenters. The molecule has 1 aliphatic heterocycles. The molecule has 1 saturated heterocycles. The first kappa shape index (κ1) is 12.1. The molecule has 0 bridgehead atoms. The maximum Gasteiger partial charge on any atom is 0.230 e. The maximum atomic E-state index is 12.2. The lowest BCUT2D eigenvalue weighted by molar-refractivity contribution is -0.131. The minimum atomic E-state index is -0.652. The molecule has 0 aliphatic carbocycles.